The van der Waals surface area contributed by atoms with E-state index in [0.717, 1.165) is 78.1 Å². The van der Waals surface area contributed by atoms with Crippen LogP contribution in [0.15, 0.2) is 189 Å². The number of benzene rings is 6. The van der Waals surface area contributed by atoms with E-state index >= 15 is 0 Å². The van der Waals surface area contributed by atoms with E-state index in [0.29, 0.717) is 17.4 Å². The zero-order valence-electron chi connectivity index (χ0n) is 35.6. The van der Waals surface area contributed by atoms with Crippen LogP contribution < -0.4 is 9.47 Å². The number of pyridine rings is 2. The summed E-state index contributed by atoms with van der Waals surface area (Å²) in [5, 5.41) is 2.07. The maximum Gasteiger partial charge on any atom is 0.234 e. The van der Waals surface area contributed by atoms with Crippen molar-refractivity contribution in [3.8, 4) is 73.7 Å². The van der Waals surface area contributed by atoms with Crippen LogP contribution in [0.1, 0.15) is 50.7 Å². The Labute approximate surface area is 367 Å². The molecule has 0 fully saturated rings. The topological polar surface area (TPSA) is 75.0 Å². The molecule has 7 nitrogen and oxygen atoms in total. The fraction of sp³-hybridized carbons (Fsp3) is 0.107. The van der Waals surface area contributed by atoms with Gasteiger partial charge in [0.2, 0.25) is 5.95 Å². The Morgan fingerprint density at radius 2 is 0.825 bits per heavy atom. The highest BCUT2D eigenvalue weighted by atomic mass is 16.5. The second-order valence-electron chi connectivity index (χ2n) is 16.3. The summed E-state index contributed by atoms with van der Waals surface area (Å²) in [5.74, 6) is 3.87. The van der Waals surface area contributed by atoms with Crippen LogP contribution in [0.3, 0.4) is 0 Å². The van der Waals surface area contributed by atoms with Crippen molar-refractivity contribution in [3.05, 3.63) is 200 Å². The van der Waals surface area contributed by atoms with Crippen LogP contribution in [0.5, 0.6) is 23.0 Å². The van der Waals surface area contributed by atoms with Crippen molar-refractivity contribution in [2.24, 2.45) is 0 Å². The largest absolute Gasteiger partial charge is 0.457 e. The van der Waals surface area contributed by atoms with E-state index < -0.39 is 0 Å². The van der Waals surface area contributed by atoms with Crippen LogP contribution in [0.4, 0.5) is 0 Å². The van der Waals surface area contributed by atoms with E-state index in [1.807, 2.05) is 79.1 Å². The Bertz CT molecular complexity index is 3010. The molecule has 4 aromatic heterocycles. The van der Waals surface area contributed by atoms with Crippen molar-refractivity contribution in [1.29, 1.82) is 0 Å². The van der Waals surface area contributed by atoms with Gasteiger partial charge in [-0.3, -0.25) is 14.5 Å². The lowest BCUT2D eigenvalue weighted by atomic mass is 9.89. The molecule has 4 heterocycles. The summed E-state index contributed by atoms with van der Waals surface area (Å²) >= 11 is 0. The molecule has 0 N–H and O–H groups in total. The zero-order valence-corrected chi connectivity index (χ0v) is 35.6. The number of ether oxygens (including phenoxy) is 2. The van der Waals surface area contributed by atoms with Crippen LogP contribution in [0.2, 0.25) is 0 Å². The lowest BCUT2D eigenvalue weighted by Crippen LogP contribution is -2.01. The first-order valence-electron chi connectivity index (χ1n) is 21.4. The number of aromatic nitrogens is 5. The third kappa shape index (κ3) is 7.70. The first kappa shape index (κ1) is 39.2. The van der Waals surface area contributed by atoms with Crippen molar-refractivity contribution in [3.63, 3.8) is 0 Å². The summed E-state index contributed by atoms with van der Waals surface area (Å²) in [5.41, 5.74) is 12.2. The molecule has 10 rings (SSSR count). The quantitative estimate of drug-likeness (QED) is 0.129. The van der Waals surface area contributed by atoms with Gasteiger partial charge in [0, 0.05) is 69.9 Å². The van der Waals surface area contributed by atoms with E-state index in [2.05, 4.69) is 129 Å². The fourth-order valence-electron chi connectivity index (χ4n) is 8.52. The third-order valence-corrected chi connectivity index (χ3v) is 11.5. The molecule has 0 unspecified atom stereocenters. The first-order chi connectivity index (χ1) is 30.9. The van der Waals surface area contributed by atoms with Gasteiger partial charge in [-0.25, -0.2) is 9.97 Å². The van der Waals surface area contributed by atoms with Gasteiger partial charge in [-0.15, -0.1) is 0 Å². The second kappa shape index (κ2) is 16.9. The minimum atomic E-state index is 0.223. The smallest absolute Gasteiger partial charge is 0.234 e. The highest BCUT2D eigenvalue weighted by Crippen LogP contribution is 2.46. The molecule has 0 aliphatic rings. The predicted octanol–water partition coefficient (Wildman–Crippen LogP) is 14.9. The standard InChI is InChI=1S/C56H45N5O2/c1-36(2)46-30-40(48-20-11-13-26-57-48)32-52(54(46)38-16-7-5-8-17-38)62-42-22-24-44-45-25-23-43(35-51(45)61(50(44)34-42)56-59-28-15-29-60-56)63-53-33-41(49-21-12-14-27-58-49)31-47(37(3)4)55(53)39-18-9-6-10-19-39/h5-37H,1-4H3. The lowest BCUT2D eigenvalue weighted by molar-refractivity contribution is 0.484. The number of fused-ring (bicyclic) bond motifs is 3. The number of nitrogens with zero attached hydrogens (tertiary/aromatic N) is 5. The second-order valence-corrected chi connectivity index (χ2v) is 16.3. The summed E-state index contributed by atoms with van der Waals surface area (Å²) in [6.45, 7) is 8.88. The third-order valence-electron chi connectivity index (χ3n) is 11.5. The van der Waals surface area contributed by atoms with E-state index in [4.69, 9.17) is 29.4 Å². The Morgan fingerprint density at radius 1 is 0.397 bits per heavy atom. The van der Waals surface area contributed by atoms with Crippen molar-refractivity contribution in [2.45, 2.75) is 39.5 Å². The maximum absolute atomic E-state index is 7.04. The molecule has 0 radical (unpaired) electrons. The van der Waals surface area contributed by atoms with Gasteiger partial charge in [-0.05, 0) is 113 Å². The molecule has 0 bridgehead atoms. The molecule has 6 aromatic carbocycles. The molecule has 10 aromatic rings. The molecule has 0 saturated carbocycles. The SMILES string of the molecule is CC(C)c1cc(-c2ccccn2)cc(Oc2ccc3c4ccc(Oc5cc(-c6ccccn6)cc(C(C)C)c5-c5ccccc5)cc4n(-c4ncccn4)c3c2)c1-c1ccccc1. The normalized spacial score (nSPS) is 11.5. The van der Waals surface area contributed by atoms with E-state index in [1.54, 1.807) is 12.4 Å². The fourth-order valence-corrected chi connectivity index (χ4v) is 8.52. The van der Waals surface area contributed by atoms with Gasteiger partial charge in [0.25, 0.3) is 0 Å². The molecular weight excluding hydrogens is 775 g/mol. The Morgan fingerprint density at radius 3 is 1.24 bits per heavy atom. The molecule has 7 heteroatoms. The van der Waals surface area contributed by atoms with Gasteiger partial charge in [0.1, 0.15) is 23.0 Å². The van der Waals surface area contributed by atoms with Crippen LogP contribution in [-0.4, -0.2) is 24.5 Å². The van der Waals surface area contributed by atoms with Crippen molar-refractivity contribution >= 4 is 21.8 Å². The monoisotopic (exact) mass is 819 g/mol. The Kier molecular flexibility index (Phi) is 10.5. The Balaban J connectivity index is 1.13. The molecule has 0 aliphatic heterocycles. The zero-order chi connectivity index (χ0) is 42.9. The van der Waals surface area contributed by atoms with Crippen molar-refractivity contribution in [2.75, 3.05) is 0 Å². The minimum Gasteiger partial charge on any atom is -0.457 e. The summed E-state index contributed by atoms with van der Waals surface area (Å²) in [4.78, 5) is 18.9. The van der Waals surface area contributed by atoms with Gasteiger partial charge in [-0.2, -0.15) is 0 Å². The highest BCUT2D eigenvalue weighted by Gasteiger charge is 2.22. The number of hydrogen-bond acceptors (Lipinski definition) is 6. The number of hydrogen-bond donors (Lipinski definition) is 0. The lowest BCUT2D eigenvalue weighted by Gasteiger charge is -2.20. The maximum atomic E-state index is 7.04. The summed E-state index contributed by atoms with van der Waals surface area (Å²) in [6, 6.07) is 56.0. The van der Waals surface area contributed by atoms with Crippen molar-refractivity contribution in [1.82, 2.24) is 24.5 Å². The van der Waals surface area contributed by atoms with Crippen LogP contribution in [0, 0.1) is 0 Å². The highest BCUT2D eigenvalue weighted by molar-refractivity contribution is 6.09. The molecule has 0 spiro atoms. The summed E-state index contributed by atoms with van der Waals surface area (Å²) in [7, 11) is 0. The van der Waals surface area contributed by atoms with E-state index in [-0.39, 0.29) is 11.8 Å². The van der Waals surface area contributed by atoms with E-state index in [1.165, 1.54) is 11.1 Å². The van der Waals surface area contributed by atoms with Crippen LogP contribution >= 0.6 is 0 Å². The van der Waals surface area contributed by atoms with Gasteiger partial charge in [0.15, 0.2) is 0 Å². The van der Waals surface area contributed by atoms with Gasteiger partial charge < -0.3 is 9.47 Å². The van der Waals surface area contributed by atoms with Crippen LogP contribution in [-0.2, 0) is 0 Å². The predicted molar refractivity (Wildman–Crippen MR) is 255 cm³/mol. The first-order valence-corrected chi connectivity index (χ1v) is 21.4. The Hall–Kier alpha value is -7.90. The van der Waals surface area contributed by atoms with Gasteiger partial charge >= 0.3 is 0 Å². The average Bonchev–Trinajstić information content (AvgIpc) is 3.65. The molecule has 0 aliphatic carbocycles. The molecule has 0 atom stereocenters. The summed E-state index contributed by atoms with van der Waals surface area (Å²) < 4.78 is 16.2. The molecule has 306 valence electrons. The summed E-state index contributed by atoms with van der Waals surface area (Å²) in [6.07, 6.45) is 7.20. The number of rotatable bonds is 11. The van der Waals surface area contributed by atoms with Crippen molar-refractivity contribution < 1.29 is 9.47 Å². The molecular formula is C56H45N5O2. The average molecular weight is 820 g/mol. The molecule has 0 saturated heterocycles. The van der Waals surface area contributed by atoms with Gasteiger partial charge in [-0.1, -0.05) is 100 Å². The molecule has 63 heavy (non-hydrogen) atoms. The van der Waals surface area contributed by atoms with E-state index in [9.17, 15) is 0 Å². The van der Waals surface area contributed by atoms with Gasteiger partial charge in [0.05, 0.1) is 22.4 Å². The molecule has 0 amide bonds. The van der Waals surface area contributed by atoms with Crippen LogP contribution in [0.25, 0.3) is 72.5 Å². The minimum absolute atomic E-state index is 0.223.